The maximum absolute atomic E-state index is 12.7. The van der Waals surface area contributed by atoms with Gasteiger partial charge in [-0.25, -0.2) is 4.52 Å². The Labute approximate surface area is 136 Å². The van der Waals surface area contributed by atoms with Crippen LogP contribution in [-0.2, 0) is 4.74 Å². The Morgan fingerprint density at radius 2 is 2.26 bits per heavy atom. The molecule has 0 saturated heterocycles. The van der Waals surface area contributed by atoms with Crippen molar-refractivity contribution in [2.24, 2.45) is 5.41 Å². The Bertz CT molecular complexity index is 720. The fraction of sp³-hybridized carbons (Fsp3) is 0.529. The van der Waals surface area contributed by atoms with Crippen molar-refractivity contribution >= 4 is 17.1 Å². The predicted molar refractivity (Wildman–Crippen MR) is 89.3 cm³/mol. The van der Waals surface area contributed by atoms with Crippen LogP contribution in [0.1, 0.15) is 43.5 Å². The van der Waals surface area contributed by atoms with E-state index in [4.69, 9.17) is 10.5 Å². The lowest BCUT2D eigenvalue weighted by molar-refractivity contribution is -0.120. The van der Waals surface area contributed by atoms with Crippen molar-refractivity contribution in [3.63, 3.8) is 0 Å². The minimum absolute atomic E-state index is 0.0202. The van der Waals surface area contributed by atoms with E-state index in [-0.39, 0.29) is 23.5 Å². The van der Waals surface area contributed by atoms with E-state index in [0.29, 0.717) is 11.3 Å². The van der Waals surface area contributed by atoms with Crippen LogP contribution in [0.25, 0.3) is 5.52 Å². The van der Waals surface area contributed by atoms with Gasteiger partial charge in [-0.2, -0.15) is 5.10 Å². The maximum Gasteiger partial charge on any atom is 0.255 e. The topological polar surface area (TPSA) is 81.7 Å². The lowest BCUT2D eigenvalue weighted by Crippen LogP contribution is -2.64. The van der Waals surface area contributed by atoms with E-state index >= 15 is 0 Å². The molecule has 2 aromatic rings. The second-order valence-electron chi connectivity index (χ2n) is 6.27. The van der Waals surface area contributed by atoms with Gasteiger partial charge in [-0.15, -0.1) is 0 Å². The number of carbonyl (C=O) groups is 1. The molecule has 6 nitrogen and oxygen atoms in total. The first-order chi connectivity index (χ1) is 11.1. The lowest BCUT2D eigenvalue weighted by Gasteiger charge is -2.55. The number of fused-ring (bicyclic) bond motifs is 1. The molecule has 0 aliphatic heterocycles. The highest BCUT2D eigenvalue weighted by atomic mass is 16.5. The molecular formula is C17H24N4O2. The van der Waals surface area contributed by atoms with Crippen LogP contribution in [0, 0.1) is 5.41 Å². The number of amides is 1. The first kappa shape index (κ1) is 15.8. The first-order valence-electron chi connectivity index (χ1n) is 8.12. The summed E-state index contributed by atoms with van der Waals surface area (Å²) >= 11 is 0. The zero-order valence-corrected chi connectivity index (χ0v) is 13.9. The summed E-state index contributed by atoms with van der Waals surface area (Å²) in [5, 5.41) is 7.39. The minimum atomic E-state index is -0.101. The number of methoxy groups -OCH3 is 1. The van der Waals surface area contributed by atoms with Crippen LogP contribution in [-0.4, -0.2) is 34.8 Å². The van der Waals surface area contributed by atoms with Crippen molar-refractivity contribution in [3.8, 4) is 0 Å². The molecule has 1 saturated carbocycles. The molecule has 3 rings (SSSR count). The lowest BCUT2D eigenvalue weighted by atomic mass is 9.58. The Balaban J connectivity index is 1.83. The minimum Gasteiger partial charge on any atom is -0.399 e. The monoisotopic (exact) mass is 316 g/mol. The number of anilines is 1. The summed E-state index contributed by atoms with van der Waals surface area (Å²) in [6.07, 6.45) is 6.38. The van der Waals surface area contributed by atoms with Crippen LogP contribution in [0.4, 0.5) is 5.69 Å². The highest BCUT2D eigenvalue weighted by Crippen LogP contribution is 2.48. The van der Waals surface area contributed by atoms with Crippen LogP contribution >= 0.6 is 0 Å². The van der Waals surface area contributed by atoms with E-state index in [1.54, 1.807) is 36.2 Å². The quantitative estimate of drug-likeness (QED) is 0.886. The van der Waals surface area contributed by atoms with Gasteiger partial charge in [0, 0.05) is 30.5 Å². The van der Waals surface area contributed by atoms with Gasteiger partial charge in [0.25, 0.3) is 5.91 Å². The van der Waals surface area contributed by atoms with Crippen LogP contribution < -0.4 is 11.1 Å². The zero-order chi connectivity index (χ0) is 16.6. The number of carbonyl (C=O) groups excluding carboxylic acids is 1. The highest BCUT2D eigenvalue weighted by Gasteiger charge is 2.53. The Hall–Kier alpha value is -2.08. The fourth-order valence-electron chi connectivity index (χ4n) is 3.89. The molecule has 1 amide bonds. The van der Waals surface area contributed by atoms with Crippen molar-refractivity contribution in [1.82, 2.24) is 14.9 Å². The molecule has 3 N–H and O–H groups in total. The van der Waals surface area contributed by atoms with Gasteiger partial charge in [0.15, 0.2) is 0 Å². The second kappa shape index (κ2) is 5.85. The molecule has 0 spiro atoms. The van der Waals surface area contributed by atoms with Crippen LogP contribution in [0.3, 0.4) is 0 Å². The molecule has 0 bridgehead atoms. The maximum atomic E-state index is 12.7. The van der Waals surface area contributed by atoms with E-state index in [1.165, 1.54) is 0 Å². The van der Waals surface area contributed by atoms with Crippen LogP contribution in [0.5, 0.6) is 0 Å². The predicted octanol–water partition coefficient (Wildman–Crippen LogP) is 2.24. The molecular weight excluding hydrogens is 292 g/mol. The molecule has 1 aliphatic carbocycles. The second-order valence-corrected chi connectivity index (χ2v) is 6.27. The van der Waals surface area contributed by atoms with E-state index in [1.807, 2.05) is 0 Å². The number of hydrogen-bond donors (Lipinski definition) is 2. The van der Waals surface area contributed by atoms with E-state index in [0.717, 1.165) is 24.8 Å². The van der Waals surface area contributed by atoms with Gasteiger partial charge in [0.2, 0.25) is 0 Å². The van der Waals surface area contributed by atoms with Gasteiger partial charge >= 0.3 is 0 Å². The van der Waals surface area contributed by atoms with Gasteiger partial charge in [-0.1, -0.05) is 13.8 Å². The van der Waals surface area contributed by atoms with E-state index < -0.39 is 0 Å². The molecule has 0 radical (unpaired) electrons. The van der Waals surface area contributed by atoms with Crippen molar-refractivity contribution < 1.29 is 9.53 Å². The van der Waals surface area contributed by atoms with Gasteiger partial charge in [0.1, 0.15) is 0 Å². The third-order valence-electron chi connectivity index (χ3n) is 5.48. The van der Waals surface area contributed by atoms with Crippen molar-refractivity contribution in [3.05, 3.63) is 30.1 Å². The molecule has 6 heteroatoms. The molecule has 2 unspecified atom stereocenters. The molecule has 1 fully saturated rings. The van der Waals surface area contributed by atoms with Crippen molar-refractivity contribution in [2.75, 3.05) is 12.8 Å². The van der Waals surface area contributed by atoms with Gasteiger partial charge < -0.3 is 15.8 Å². The smallest absolute Gasteiger partial charge is 0.255 e. The number of rotatable bonds is 5. The average Bonchev–Trinajstić information content (AvgIpc) is 2.95. The van der Waals surface area contributed by atoms with Crippen LogP contribution in [0.2, 0.25) is 0 Å². The summed E-state index contributed by atoms with van der Waals surface area (Å²) in [7, 11) is 1.75. The van der Waals surface area contributed by atoms with Crippen molar-refractivity contribution in [2.45, 2.75) is 45.3 Å². The normalized spacial score (nSPS) is 22.7. The number of nitrogens with zero attached hydrogens (tertiary/aromatic N) is 2. The molecule has 0 aromatic carbocycles. The third-order valence-corrected chi connectivity index (χ3v) is 5.48. The van der Waals surface area contributed by atoms with Crippen LogP contribution in [0.15, 0.2) is 24.5 Å². The Kier molecular flexibility index (Phi) is 4.02. The largest absolute Gasteiger partial charge is 0.399 e. The summed E-state index contributed by atoms with van der Waals surface area (Å²) < 4.78 is 7.25. The molecule has 2 atom stereocenters. The number of pyridine rings is 1. The van der Waals surface area contributed by atoms with E-state index in [2.05, 4.69) is 24.3 Å². The molecule has 1 aliphatic rings. The summed E-state index contributed by atoms with van der Waals surface area (Å²) in [5.74, 6) is -0.101. The fourth-order valence-corrected chi connectivity index (χ4v) is 3.89. The van der Waals surface area contributed by atoms with Gasteiger partial charge in [-0.05, 0) is 31.4 Å². The number of nitrogens with one attached hydrogen (secondary N) is 1. The molecule has 23 heavy (non-hydrogen) atoms. The number of nitrogens with two attached hydrogens (primary N) is 1. The number of aromatic nitrogens is 2. The number of ether oxygens (including phenoxy) is 1. The van der Waals surface area contributed by atoms with Crippen molar-refractivity contribution in [1.29, 1.82) is 0 Å². The third kappa shape index (κ3) is 2.37. The Morgan fingerprint density at radius 3 is 2.91 bits per heavy atom. The SMILES string of the molecule is CCC1(CC)C(NC(=O)c2cnn3ccc(N)cc23)CC1OC. The summed E-state index contributed by atoms with van der Waals surface area (Å²) in [4.78, 5) is 12.7. The molecule has 2 heterocycles. The van der Waals surface area contributed by atoms with E-state index in [9.17, 15) is 4.79 Å². The molecule has 124 valence electrons. The van der Waals surface area contributed by atoms with Gasteiger partial charge in [0.05, 0.1) is 23.4 Å². The van der Waals surface area contributed by atoms with Gasteiger partial charge in [-0.3, -0.25) is 4.79 Å². The summed E-state index contributed by atoms with van der Waals surface area (Å²) in [6.45, 7) is 4.31. The standard InChI is InChI=1S/C17H24N4O2/c1-4-17(5-2)14(9-15(17)23-3)20-16(22)12-10-19-21-7-6-11(18)8-13(12)21/h6-8,10,14-15H,4-5,9,18H2,1-3H3,(H,20,22). The summed E-state index contributed by atoms with van der Waals surface area (Å²) in [5.41, 5.74) is 7.74. The summed E-state index contributed by atoms with van der Waals surface area (Å²) in [6, 6.07) is 3.66. The Morgan fingerprint density at radius 1 is 1.52 bits per heavy atom. The molecule has 2 aromatic heterocycles. The number of hydrogen-bond acceptors (Lipinski definition) is 4. The number of nitrogen functional groups attached to an aromatic ring is 1. The average molecular weight is 316 g/mol. The first-order valence-corrected chi connectivity index (χ1v) is 8.12. The highest BCUT2D eigenvalue weighted by molar-refractivity contribution is 6.01. The zero-order valence-electron chi connectivity index (χ0n) is 13.9.